The molecule has 0 saturated carbocycles. The van der Waals surface area contributed by atoms with Crippen molar-refractivity contribution in [2.45, 2.75) is 26.2 Å². The Hall–Kier alpha value is -2.50. The highest BCUT2D eigenvalue weighted by Crippen LogP contribution is 2.08. The van der Waals surface area contributed by atoms with Crippen molar-refractivity contribution in [2.75, 3.05) is 6.61 Å². The van der Waals surface area contributed by atoms with Gasteiger partial charge in [0.25, 0.3) is 5.56 Å². The molecule has 124 valence electrons. The highest BCUT2D eigenvalue weighted by atomic mass is 16.5. The van der Waals surface area contributed by atoms with Crippen molar-refractivity contribution in [3.63, 3.8) is 0 Å². The molecule has 0 spiro atoms. The summed E-state index contributed by atoms with van der Waals surface area (Å²) in [5, 5.41) is 10.7. The average Bonchev–Trinajstić information content (AvgIpc) is 2.59. The van der Waals surface area contributed by atoms with Gasteiger partial charge in [-0.05, 0) is 24.6 Å². The molecular formula is C19H20N2O3. The van der Waals surface area contributed by atoms with Crippen LogP contribution in [0.5, 0.6) is 0 Å². The summed E-state index contributed by atoms with van der Waals surface area (Å²) in [5.74, 6) is 0.584. The fourth-order valence-electron chi connectivity index (χ4n) is 2.64. The maximum Gasteiger partial charge on any atom is 0.261 e. The van der Waals surface area contributed by atoms with Crippen molar-refractivity contribution in [1.82, 2.24) is 9.55 Å². The topological polar surface area (TPSA) is 64.4 Å². The summed E-state index contributed by atoms with van der Waals surface area (Å²) >= 11 is 0. The van der Waals surface area contributed by atoms with Crippen molar-refractivity contribution >= 4 is 10.9 Å². The Bertz CT molecular complexity index is 875. The molecule has 1 atom stereocenters. The third-order valence-electron chi connectivity index (χ3n) is 3.87. The van der Waals surface area contributed by atoms with Crippen LogP contribution >= 0.6 is 0 Å². The standard InChI is InChI=1S/C19H20N2O3/c1-14-20-18-10-6-5-9-17(18)19(23)21(14)11-16(22)13-24-12-15-7-3-2-4-8-15/h2-10,16,22H,11-13H2,1H3/t16-/m1/s1. The summed E-state index contributed by atoms with van der Waals surface area (Å²) in [7, 11) is 0. The van der Waals surface area contributed by atoms with Crippen LogP contribution in [0.25, 0.3) is 10.9 Å². The molecule has 5 heteroatoms. The van der Waals surface area contributed by atoms with Crippen LogP contribution in [0.2, 0.25) is 0 Å². The van der Waals surface area contributed by atoms with E-state index in [1.54, 1.807) is 13.0 Å². The fourth-order valence-corrected chi connectivity index (χ4v) is 2.64. The smallest absolute Gasteiger partial charge is 0.261 e. The molecule has 24 heavy (non-hydrogen) atoms. The number of hydrogen-bond donors (Lipinski definition) is 1. The van der Waals surface area contributed by atoms with Gasteiger partial charge in [-0.3, -0.25) is 9.36 Å². The Labute approximate surface area is 140 Å². The summed E-state index contributed by atoms with van der Waals surface area (Å²) in [6, 6.07) is 17.0. The highest BCUT2D eigenvalue weighted by Gasteiger charge is 2.12. The number of nitrogens with zero attached hydrogens (tertiary/aromatic N) is 2. The lowest BCUT2D eigenvalue weighted by atomic mass is 10.2. The van der Waals surface area contributed by atoms with E-state index in [9.17, 15) is 9.90 Å². The van der Waals surface area contributed by atoms with Gasteiger partial charge in [-0.15, -0.1) is 0 Å². The number of aliphatic hydroxyl groups excluding tert-OH is 1. The van der Waals surface area contributed by atoms with Gasteiger partial charge in [0.2, 0.25) is 0 Å². The predicted molar refractivity (Wildman–Crippen MR) is 92.8 cm³/mol. The van der Waals surface area contributed by atoms with Crippen molar-refractivity contribution in [1.29, 1.82) is 0 Å². The Balaban J connectivity index is 1.67. The van der Waals surface area contributed by atoms with Gasteiger partial charge in [0.15, 0.2) is 0 Å². The first kappa shape index (κ1) is 16.4. The first-order valence-electron chi connectivity index (χ1n) is 7.91. The third-order valence-corrected chi connectivity index (χ3v) is 3.87. The van der Waals surface area contributed by atoms with Gasteiger partial charge in [-0.1, -0.05) is 42.5 Å². The molecule has 0 aliphatic heterocycles. The molecule has 1 N–H and O–H groups in total. The zero-order valence-electron chi connectivity index (χ0n) is 13.6. The lowest BCUT2D eigenvalue weighted by molar-refractivity contribution is 0.0195. The molecule has 0 aliphatic carbocycles. The molecule has 0 fully saturated rings. The van der Waals surface area contributed by atoms with E-state index in [1.165, 1.54) is 4.57 Å². The van der Waals surface area contributed by atoms with Crippen LogP contribution in [-0.4, -0.2) is 27.4 Å². The molecule has 3 aromatic rings. The molecule has 0 unspecified atom stereocenters. The maximum atomic E-state index is 12.6. The lowest BCUT2D eigenvalue weighted by Crippen LogP contribution is -2.31. The number of aromatic nitrogens is 2. The van der Waals surface area contributed by atoms with Gasteiger partial charge in [0.05, 0.1) is 36.8 Å². The van der Waals surface area contributed by atoms with Crippen molar-refractivity contribution in [3.8, 4) is 0 Å². The molecule has 0 radical (unpaired) electrons. The van der Waals surface area contributed by atoms with Crippen LogP contribution < -0.4 is 5.56 Å². The zero-order chi connectivity index (χ0) is 16.9. The fraction of sp³-hybridized carbons (Fsp3) is 0.263. The Morgan fingerprint density at radius 2 is 1.83 bits per heavy atom. The van der Waals surface area contributed by atoms with E-state index in [2.05, 4.69) is 4.98 Å². The van der Waals surface area contributed by atoms with Crippen LogP contribution in [-0.2, 0) is 17.9 Å². The van der Waals surface area contributed by atoms with Gasteiger partial charge in [-0.25, -0.2) is 4.98 Å². The van der Waals surface area contributed by atoms with Crippen LogP contribution in [0.1, 0.15) is 11.4 Å². The van der Waals surface area contributed by atoms with Gasteiger partial charge >= 0.3 is 0 Å². The van der Waals surface area contributed by atoms with E-state index in [1.807, 2.05) is 48.5 Å². The van der Waals surface area contributed by atoms with Gasteiger partial charge in [0, 0.05) is 0 Å². The number of benzene rings is 2. The molecule has 0 aliphatic rings. The largest absolute Gasteiger partial charge is 0.389 e. The van der Waals surface area contributed by atoms with Crippen LogP contribution in [0, 0.1) is 6.92 Å². The van der Waals surface area contributed by atoms with Crippen molar-refractivity contribution in [2.24, 2.45) is 0 Å². The zero-order valence-corrected chi connectivity index (χ0v) is 13.6. The molecule has 1 heterocycles. The number of para-hydroxylation sites is 1. The number of aryl methyl sites for hydroxylation is 1. The minimum Gasteiger partial charge on any atom is -0.389 e. The van der Waals surface area contributed by atoms with Gasteiger partial charge in [0.1, 0.15) is 5.82 Å². The summed E-state index contributed by atoms with van der Waals surface area (Å²) < 4.78 is 7.03. The number of ether oxygens (including phenoxy) is 1. The minimum atomic E-state index is -0.770. The molecule has 2 aromatic carbocycles. The number of hydrogen-bond acceptors (Lipinski definition) is 4. The third kappa shape index (κ3) is 3.69. The number of fused-ring (bicyclic) bond motifs is 1. The van der Waals surface area contributed by atoms with E-state index >= 15 is 0 Å². The Morgan fingerprint density at radius 3 is 2.62 bits per heavy atom. The molecule has 0 saturated heterocycles. The molecule has 0 amide bonds. The Kier molecular flexibility index (Phi) is 5.03. The predicted octanol–water partition coefficient (Wildman–Crippen LogP) is 2.28. The SMILES string of the molecule is Cc1nc2ccccc2c(=O)n1C[C@@H](O)COCc1ccccc1. The normalized spacial score (nSPS) is 12.4. The van der Waals surface area contributed by atoms with Crippen molar-refractivity contribution in [3.05, 3.63) is 76.3 Å². The molecular weight excluding hydrogens is 304 g/mol. The molecule has 0 bridgehead atoms. The summed E-state index contributed by atoms with van der Waals surface area (Å²) in [4.78, 5) is 17.0. The van der Waals surface area contributed by atoms with E-state index < -0.39 is 6.10 Å². The van der Waals surface area contributed by atoms with Crippen LogP contribution in [0.4, 0.5) is 0 Å². The second-order valence-electron chi connectivity index (χ2n) is 5.75. The number of aliphatic hydroxyl groups is 1. The summed E-state index contributed by atoms with van der Waals surface area (Å²) in [6.07, 6.45) is -0.770. The van der Waals surface area contributed by atoms with E-state index in [0.29, 0.717) is 23.3 Å². The highest BCUT2D eigenvalue weighted by molar-refractivity contribution is 5.77. The van der Waals surface area contributed by atoms with E-state index in [0.717, 1.165) is 5.56 Å². The van der Waals surface area contributed by atoms with Crippen LogP contribution in [0.15, 0.2) is 59.4 Å². The average molecular weight is 324 g/mol. The van der Waals surface area contributed by atoms with Gasteiger partial charge < -0.3 is 9.84 Å². The monoisotopic (exact) mass is 324 g/mol. The molecule has 5 nitrogen and oxygen atoms in total. The molecule has 1 aromatic heterocycles. The minimum absolute atomic E-state index is 0.139. The quantitative estimate of drug-likeness (QED) is 0.755. The first-order valence-corrected chi connectivity index (χ1v) is 7.91. The van der Waals surface area contributed by atoms with Crippen LogP contribution in [0.3, 0.4) is 0 Å². The lowest BCUT2D eigenvalue weighted by Gasteiger charge is -2.15. The second-order valence-corrected chi connectivity index (χ2v) is 5.75. The summed E-state index contributed by atoms with van der Waals surface area (Å²) in [5.41, 5.74) is 1.58. The second kappa shape index (κ2) is 7.38. The maximum absolute atomic E-state index is 12.6. The first-order chi connectivity index (χ1) is 11.6. The summed E-state index contributed by atoms with van der Waals surface area (Å²) in [6.45, 7) is 2.53. The van der Waals surface area contributed by atoms with Crippen molar-refractivity contribution < 1.29 is 9.84 Å². The van der Waals surface area contributed by atoms with E-state index in [-0.39, 0.29) is 18.7 Å². The van der Waals surface area contributed by atoms with Gasteiger partial charge in [-0.2, -0.15) is 0 Å². The van der Waals surface area contributed by atoms with E-state index in [4.69, 9.17) is 4.74 Å². The molecule has 3 rings (SSSR count). The Morgan fingerprint density at radius 1 is 1.12 bits per heavy atom. The number of rotatable bonds is 6.